The van der Waals surface area contributed by atoms with Gasteiger partial charge in [0.2, 0.25) is 5.91 Å². The molecule has 1 amide bonds. The third-order valence-corrected chi connectivity index (χ3v) is 6.35. The Balaban J connectivity index is 1.26. The van der Waals surface area contributed by atoms with Crippen LogP contribution >= 0.6 is 0 Å². The van der Waals surface area contributed by atoms with E-state index in [4.69, 9.17) is 9.47 Å². The van der Waals surface area contributed by atoms with Gasteiger partial charge in [0.05, 0.1) is 49.7 Å². The molecule has 2 aromatic rings. The molecule has 0 spiro atoms. The largest absolute Gasteiger partial charge is 0.490 e. The van der Waals surface area contributed by atoms with Crippen molar-refractivity contribution in [1.82, 2.24) is 20.1 Å². The van der Waals surface area contributed by atoms with Crippen molar-refractivity contribution in [2.75, 3.05) is 49.7 Å². The summed E-state index contributed by atoms with van der Waals surface area (Å²) in [6, 6.07) is 0.125. The molecule has 214 valence electrons. The number of carbonyl (C=O) groups excluding carboxylic acids is 1. The van der Waals surface area contributed by atoms with Gasteiger partial charge in [0.1, 0.15) is 5.56 Å². The van der Waals surface area contributed by atoms with Gasteiger partial charge in [0.15, 0.2) is 11.6 Å². The highest BCUT2D eigenvalue weighted by Gasteiger charge is 2.38. The van der Waals surface area contributed by atoms with Crippen molar-refractivity contribution in [2.24, 2.45) is 0 Å². The first kappa shape index (κ1) is 28.4. The second kappa shape index (κ2) is 11.3. The zero-order valence-electron chi connectivity index (χ0n) is 20.7. The lowest BCUT2D eigenvalue weighted by Gasteiger charge is -2.41. The predicted molar refractivity (Wildman–Crippen MR) is 125 cm³/mol. The van der Waals surface area contributed by atoms with Crippen molar-refractivity contribution >= 4 is 17.4 Å². The third kappa shape index (κ3) is 6.72. The Kier molecular flexibility index (Phi) is 8.23. The lowest BCUT2D eigenvalue weighted by Crippen LogP contribution is -2.55. The fraction of sp³-hybridized carbons (Fsp3) is 0.565. The molecule has 2 aromatic heterocycles. The normalized spacial score (nSPS) is 18.5. The van der Waals surface area contributed by atoms with E-state index >= 15 is 0 Å². The maximum absolute atomic E-state index is 13.2. The standard InChI is InChI=1S/C23H26F6N6O4/c1-13(32-16-10-31-33-21(37)19(16)23(27,28)29)12-38-6-3-18(36)34-4-5-35-15(11-34)2-7-39-17-8-14(22(24,25)26)9-30-20(17)35/h8-10,13,15H,2-7,11-12H2,1H3,(H2,32,33,37). The van der Waals surface area contributed by atoms with Crippen molar-refractivity contribution < 1.29 is 40.6 Å². The SMILES string of the molecule is CC(COCCC(=O)N1CCN2c3ncc(C(F)(F)F)cc3OCCC2C1)Nc1cn[nH]c(=O)c1C(F)(F)F. The van der Waals surface area contributed by atoms with Crippen LogP contribution in [0, 0.1) is 0 Å². The summed E-state index contributed by atoms with van der Waals surface area (Å²) in [5, 5.41) is 7.71. The van der Waals surface area contributed by atoms with Crippen LogP contribution in [-0.2, 0) is 21.9 Å². The maximum atomic E-state index is 13.2. The topological polar surface area (TPSA) is 113 Å². The Bertz CT molecular complexity index is 1240. The van der Waals surface area contributed by atoms with Crippen LogP contribution in [0.4, 0.5) is 37.8 Å². The van der Waals surface area contributed by atoms with Gasteiger partial charge in [-0.05, 0) is 13.0 Å². The summed E-state index contributed by atoms with van der Waals surface area (Å²) in [5.74, 6) is 0.173. The van der Waals surface area contributed by atoms with E-state index in [0.29, 0.717) is 31.9 Å². The number of nitrogens with one attached hydrogen (secondary N) is 2. The number of alkyl halides is 6. The summed E-state index contributed by atoms with van der Waals surface area (Å²) in [5.41, 5.74) is -4.12. The Morgan fingerprint density at radius 2 is 2.00 bits per heavy atom. The Morgan fingerprint density at radius 1 is 1.23 bits per heavy atom. The Morgan fingerprint density at radius 3 is 2.72 bits per heavy atom. The monoisotopic (exact) mass is 564 g/mol. The van der Waals surface area contributed by atoms with E-state index < -0.39 is 40.8 Å². The minimum Gasteiger partial charge on any atom is -0.490 e. The molecule has 2 unspecified atom stereocenters. The second-order valence-corrected chi connectivity index (χ2v) is 9.22. The van der Waals surface area contributed by atoms with Crippen LogP contribution in [-0.4, -0.2) is 77.5 Å². The van der Waals surface area contributed by atoms with Gasteiger partial charge in [-0.15, -0.1) is 0 Å². The van der Waals surface area contributed by atoms with Gasteiger partial charge in [-0.25, -0.2) is 10.1 Å². The van der Waals surface area contributed by atoms with Crippen LogP contribution in [0.2, 0.25) is 0 Å². The molecule has 4 rings (SSSR count). The van der Waals surface area contributed by atoms with E-state index in [0.717, 1.165) is 18.5 Å². The first-order valence-electron chi connectivity index (χ1n) is 12.1. The van der Waals surface area contributed by atoms with Crippen molar-refractivity contribution in [3.63, 3.8) is 0 Å². The van der Waals surface area contributed by atoms with Crippen molar-refractivity contribution in [3.05, 3.63) is 39.9 Å². The molecule has 2 atom stereocenters. The summed E-state index contributed by atoms with van der Waals surface area (Å²) < 4.78 is 89.7. The number of aromatic nitrogens is 3. The van der Waals surface area contributed by atoms with E-state index in [1.54, 1.807) is 16.9 Å². The van der Waals surface area contributed by atoms with Gasteiger partial charge < -0.3 is 24.6 Å². The number of fused-ring (bicyclic) bond motifs is 3. The molecule has 1 saturated heterocycles. The number of ether oxygens (including phenoxy) is 2. The highest BCUT2D eigenvalue weighted by atomic mass is 19.4. The van der Waals surface area contributed by atoms with Gasteiger partial charge in [-0.1, -0.05) is 0 Å². The summed E-state index contributed by atoms with van der Waals surface area (Å²) in [4.78, 5) is 31.8. The zero-order chi connectivity index (χ0) is 28.4. The zero-order valence-corrected chi connectivity index (χ0v) is 20.7. The minimum absolute atomic E-state index is 0.0171. The number of hydrogen-bond acceptors (Lipinski definition) is 8. The third-order valence-electron chi connectivity index (χ3n) is 6.35. The predicted octanol–water partition coefficient (Wildman–Crippen LogP) is 2.91. The van der Waals surface area contributed by atoms with Gasteiger partial charge in [-0.3, -0.25) is 9.59 Å². The minimum atomic E-state index is -4.87. The fourth-order valence-corrected chi connectivity index (χ4v) is 4.50. The molecule has 39 heavy (non-hydrogen) atoms. The molecule has 10 nitrogen and oxygen atoms in total. The van der Waals surface area contributed by atoms with E-state index in [-0.39, 0.29) is 43.9 Å². The van der Waals surface area contributed by atoms with E-state index in [1.807, 2.05) is 4.90 Å². The maximum Gasteiger partial charge on any atom is 0.423 e. The molecule has 2 N–H and O–H groups in total. The van der Waals surface area contributed by atoms with Crippen molar-refractivity contribution in [3.8, 4) is 5.75 Å². The van der Waals surface area contributed by atoms with Gasteiger partial charge in [-0.2, -0.15) is 31.4 Å². The van der Waals surface area contributed by atoms with Crippen LogP contribution in [0.25, 0.3) is 0 Å². The molecular formula is C23H26F6N6O4. The van der Waals surface area contributed by atoms with Crippen LogP contribution in [0.3, 0.4) is 0 Å². The van der Waals surface area contributed by atoms with E-state index in [2.05, 4.69) is 15.4 Å². The number of hydrogen-bond donors (Lipinski definition) is 2. The highest BCUT2D eigenvalue weighted by Crippen LogP contribution is 2.38. The first-order chi connectivity index (χ1) is 18.3. The van der Waals surface area contributed by atoms with Crippen LogP contribution in [0.15, 0.2) is 23.3 Å². The number of pyridine rings is 1. The average molecular weight is 564 g/mol. The number of halogens is 6. The molecular weight excluding hydrogens is 538 g/mol. The highest BCUT2D eigenvalue weighted by molar-refractivity contribution is 5.76. The fourth-order valence-electron chi connectivity index (χ4n) is 4.50. The molecule has 2 aliphatic heterocycles. The number of nitrogens with zero attached hydrogens (tertiary/aromatic N) is 4. The molecule has 0 aromatic carbocycles. The van der Waals surface area contributed by atoms with Crippen LogP contribution in [0.1, 0.15) is 30.9 Å². The molecule has 0 bridgehead atoms. The first-order valence-corrected chi connectivity index (χ1v) is 12.1. The number of aromatic amines is 1. The summed E-state index contributed by atoms with van der Waals surface area (Å²) in [6.07, 6.45) is -7.26. The lowest BCUT2D eigenvalue weighted by atomic mass is 10.1. The van der Waals surface area contributed by atoms with Crippen molar-refractivity contribution in [1.29, 1.82) is 0 Å². The number of H-pyrrole nitrogens is 1. The molecule has 0 radical (unpaired) electrons. The second-order valence-electron chi connectivity index (χ2n) is 9.22. The van der Waals surface area contributed by atoms with Crippen LogP contribution in [0.5, 0.6) is 5.75 Å². The van der Waals surface area contributed by atoms with Crippen LogP contribution < -0.4 is 20.5 Å². The lowest BCUT2D eigenvalue weighted by molar-refractivity contribution is -0.138. The number of amides is 1. The van der Waals surface area contributed by atoms with E-state index in [9.17, 15) is 35.9 Å². The number of carbonyl (C=O) groups is 1. The molecule has 0 aliphatic carbocycles. The van der Waals surface area contributed by atoms with Gasteiger partial charge in [0, 0.05) is 38.3 Å². The Labute approximate surface area is 218 Å². The Hall–Kier alpha value is -3.56. The molecule has 2 aliphatic rings. The van der Waals surface area contributed by atoms with Gasteiger partial charge in [0.25, 0.3) is 5.56 Å². The average Bonchev–Trinajstić information content (AvgIpc) is 3.03. The number of rotatable bonds is 7. The smallest absolute Gasteiger partial charge is 0.423 e. The molecule has 16 heteroatoms. The summed E-state index contributed by atoms with van der Waals surface area (Å²) >= 11 is 0. The quantitative estimate of drug-likeness (QED) is 0.390. The molecule has 0 saturated carbocycles. The number of anilines is 2. The van der Waals surface area contributed by atoms with Crippen molar-refractivity contribution in [2.45, 2.75) is 44.2 Å². The number of piperazine rings is 1. The molecule has 4 heterocycles. The molecule has 1 fully saturated rings. The summed E-state index contributed by atoms with van der Waals surface area (Å²) in [6.45, 7) is 2.73. The summed E-state index contributed by atoms with van der Waals surface area (Å²) in [7, 11) is 0. The van der Waals surface area contributed by atoms with E-state index in [1.165, 1.54) is 0 Å². The van der Waals surface area contributed by atoms with Gasteiger partial charge >= 0.3 is 12.4 Å².